The molecule has 35 heavy (non-hydrogen) atoms. The Morgan fingerprint density at radius 3 is 1.09 bits per heavy atom. The van der Waals surface area contributed by atoms with Crippen LogP contribution in [0.2, 0.25) is 0 Å². The molecule has 0 rings (SSSR count). The number of rotatable bonds is 28. The first-order chi connectivity index (χ1) is 17.1. The quantitative estimate of drug-likeness (QED) is 0.0767. The van der Waals surface area contributed by atoms with E-state index in [2.05, 4.69) is 0 Å². The van der Waals surface area contributed by atoms with Gasteiger partial charge in [-0.3, -0.25) is 9.59 Å². The van der Waals surface area contributed by atoms with Gasteiger partial charge in [-0.05, 0) is 12.8 Å². The molecule has 0 spiro atoms. The zero-order valence-corrected chi connectivity index (χ0v) is 22.5. The molecule has 0 radical (unpaired) electrons. The average molecular weight is 501 g/mol. The van der Waals surface area contributed by atoms with Crippen LogP contribution in [-0.2, 0) is 14.3 Å². The maximum absolute atomic E-state index is 11.5. The maximum atomic E-state index is 11.5. The largest absolute Gasteiger partial charge is 0.481 e. The van der Waals surface area contributed by atoms with E-state index in [1.165, 1.54) is 116 Å². The Morgan fingerprint density at radius 1 is 0.514 bits per heavy atom. The highest BCUT2D eigenvalue weighted by Crippen LogP contribution is 2.15. The lowest BCUT2D eigenvalue weighted by atomic mass is 10.0. The highest BCUT2D eigenvalue weighted by molar-refractivity contribution is 5.69. The predicted molar refractivity (Wildman–Crippen MR) is 142 cm³/mol. The van der Waals surface area contributed by atoms with Gasteiger partial charge in [0.1, 0.15) is 12.7 Å². The molecule has 0 bridgehead atoms. The molecular weight excluding hydrogens is 444 g/mol. The summed E-state index contributed by atoms with van der Waals surface area (Å²) in [5.74, 6) is -0.952. The summed E-state index contributed by atoms with van der Waals surface area (Å²) in [5, 5.41) is 26.4. The van der Waals surface area contributed by atoms with Crippen molar-refractivity contribution in [3.63, 3.8) is 0 Å². The monoisotopic (exact) mass is 500 g/mol. The Labute approximate surface area is 215 Å². The van der Waals surface area contributed by atoms with Crippen LogP contribution in [0.1, 0.15) is 154 Å². The number of aliphatic hydroxyl groups is 2. The SMILES string of the molecule is O=C(O)CCCCCCCCCCCCCCCCCCCCCCCCC(=O)OCC(O)CO. The van der Waals surface area contributed by atoms with Crippen molar-refractivity contribution in [3.05, 3.63) is 0 Å². The van der Waals surface area contributed by atoms with Crippen LogP contribution >= 0.6 is 0 Å². The zero-order valence-electron chi connectivity index (χ0n) is 22.5. The van der Waals surface area contributed by atoms with E-state index in [0.29, 0.717) is 12.8 Å². The molecule has 0 aromatic rings. The third kappa shape index (κ3) is 29.0. The highest BCUT2D eigenvalue weighted by atomic mass is 16.5. The number of esters is 1. The minimum absolute atomic E-state index is 0.114. The van der Waals surface area contributed by atoms with Crippen LogP contribution in [0.25, 0.3) is 0 Å². The van der Waals surface area contributed by atoms with E-state index < -0.39 is 12.1 Å². The lowest BCUT2D eigenvalue weighted by molar-refractivity contribution is -0.147. The number of carboxylic acid groups (broad SMARTS) is 1. The van der Waals surface area contributed by atoms with E-state index in [1.807, 2.05) is 0 Å². The minimum Gasteiger partial charge on any atom is -0.481 e. The minimum atomic E-state index is -0.966. The van der Waals surface area contributed by atoms with Crippen LogP contribution in [0.5, 0.6) is 0 Å². The fourth-order valence-corrected chi connectivity index (χ4v) is 4.40. The van der Waals surface area contributed by atoms with Crippen molar-refractivity contribution in [1.82, 2.24) is 0 Å². The Bertz CT molecular complexity index is 468. The molecule has 0 aromatic heterocycles. The molecular formula is C29H56O6. The second kappa shape index (κ2) is 27.4. The number of hydrogen-bond donors (Lipinski definition) is 3. The van der Waals surface area contributed by atoms with Gasteiger partial charge in [0.25, 0.3) is 0 Å². The second-order valence-corrected chi connectivity index (χ2v) is 10.2. The molecule has 0 aliphatic rings. The van der Waals surface area contributed by atoms with Gasteiger partial charge < -0.3 is 20.1 Å². The molecule has 6 heteroatoms. The number of ether oxygens (including phenoxy) is 1. The lowest BCUT2D eigenvalue weighted by Gasteiger charge is -2.08. The Morgan fingerprint density at radius 2 is 0.800 bits per heavy atom. The number of aliphatic hydroxyl groups excluding tert-OH is 2. The van der Waals surface area contributed by atoms with Crippen LogP contribution < -0.4 is 0 Å². The Hall–Kier alpha value is -1.14. The van der Waals surface area contributed by atoms with Gasteiger partial charge in [-0.1, -0.05) is 128 Å². The van der Waals surface area contributed by atoms with Gasteiger partial charge in [0.2, 0.25) is 0 Å². The van der Waals surface area contributed by atoms with Crippen LogP contribution in [-0.4, -0.2) is 46.6 Å². The fraction of sp³-hybridized carbons (Fsp3) is 0.931. The van der Waals surface area contributed by atoms with E-state index in [4.69, 9.17) is 20.1 Å². The standard InChI is InChI=1S/C29H56O6/c30-25-27(31)26-35-29(34)24-22-20-18-16-14-12-10-8-6-4-2-1-3-5-7-9-11-13-15-17-19-21-23-28(32)33/h27,30-31H,1-26H2,(H,32,33). The number of hydrogen-bond acceptors (Lipinski definition) is 5. The van der Waals surface area contributed by atoms with Gasteiger partial charge in [0.05, 0.1) is 6.61 Å². The third-order valence-electron chi connectivity index (χ3n) is 6.67. The van der Waals surface area contributed by atoms with Gasteiger partial charge in [-0.15, -0.1) is 0 Å². The molecule has 1 atom stereocenters. The summed E-state index contributed by atoms with van der Waals surface area (Å²) in [5.41, 5.74) is 0. The van der Waals surface area contributed by atoms with Crippen molar-refractivity contribution in [2.45, 2.75) is 160 Å². The molecule has 0 aliphatic heterocycles. The van der Waals surface area contributed by atoms with E-state index in [-0.39, 0.29) is 19.2 Å². The highest BCUT2D eigenvalue weighted by Gasteiger charge is 2.07. The number of unbranched alkanes of at least 4 members (excludes halogenated alkanes) is 21. The molecule has 0 aromatic carbocycles. The van der Waals surface area contributed by atoms with E-state index in [1.54, 1.807) is 0 Å². The first-order valence-corrected chi connectivity index (χ1v) is 14.7. The van der Waals surface area contributed by atoms with Crippen molar-refractivity contribution >= 4 is 11.9 Å². The predicted octanol–water partition coefficient (Wildman–Crippen LogP) is 7.33. The van der Waals surface area contributed by atoms with Gasteiger partial charge in [0, 0.05) is 12.8 Å². The summed E-state index contributed by atoms with van der Waals surface area (Å²) in [6, 6.07) is 0. The summed E-state index contributed by atoms with van der Waals surface area (Å²) >= 11 is 0. The first kappa shape index (κ1) is 33.9. The molecule has 208 valence electrons. The van der Waals surface area contributed by atoms with E-state index in [9.17, 15) is 9.59 Å². The van der Waals surface area contributed by atoms with Crippen LogP contribution in [0.4, 0.5) is 0 Å². The maximum Gasteiger partial charge on any atom is 0.305 e. The third-order valence-corrected chi connectivity index (χ3v) is 6.67. The molecule has 6 nitrogen and oxygen atoms in total. The summed E-state index contributed by atoms with van der Waals surface area (Å²) in [7, 11) is 0. The van der Waals surface area contributed by atoms with Crippen molar-refractivity contribution in [2.24, 2.45) is 0 Å². The average Bonchev–Trinajstić information content (AvgIpc) is 2.84. The second-order valence-electron chi connectivity index (χ2n) is 10.2. The van der Waals surface area contributed by atoms with Crippen LogP contribution in [0, 0.1) is 0 Å². The topological polar surface area (TPSA) is 104 Å². The molecule has 1 unspecified atom stereocenters. The summed E-state index contributed by atoms with van der Waals surface area (Å²) in [6.45, 7) is -0.492. The fourth-order valence-electron chi connectivity index (χ4n) is 4.40. The Kier molecular flexibility index (Phi) is 26.6. The van der Waals surface area contributed by atoms with Gasteiger partial charge >= 0.3 is 11.9 Å². The van der Waals surface area contributed by atoms with E-state index >= 15 is 0 Å². The molecule has 0 amide bonds. The molecule has 0 heterocycles. The van der Waals surface area contributed by atoms with Crippen molar-refractivity contribution in [1.29, 1.82) is 0 Å². The molecule has 0 saturated heterocycles. The van der Waals surface area contributed by atoms with Crippen molar-refractivity contribution in [3.8, 4) is 0 Å². The summed E-state index contributed by atoms with van der Waals surface area (Å²) in [4.78, 5) is 21.9. The molecule has 3 N–H and O–H groups in total. The number of aliphatic carboxylic acids is 1. The Balaban J connectivity index is 3.11. The van der Waals surface area contributed by atoms with Crippen LogP contribution in [0.15, 0.2) is 0 Å². The number of carbonyl (C=O) groups is 2. The smallest absolute Gasteiger partial charge is 0.305 e. The van der Waals surface area contributed by atoms with E-state index in [0.717, 1.165) is 25.7 Å². The van der Waals surface area contributed by atoms with Gasteiger partial charge in [-0.2, -0.15) is 0 Å². The van der Waals surface area contributed by atoms with Crippen LogP contribution in [0.3, 0.4) is 0 Å². The lowest BCUT2D eigenvalue weighted by Crippen LogP contribution is -2.21. The van der Waals surface area contributed by atoms with Gasteiger partial charge in [-0.25, -0.2) is 0 Å². The molecule has 0 fully saturated rings. The zero-order chi connectivity index (χ0) is 25.8. The molecule has 0 saturated carbocycles. The number of carbonyl (C=O) groups excluding carboxylic acids is 1. The summed E-state index contributed by atoms with van der Waals surface area (Å²) in [6.07, 6.45) is 27.4. The number of carboxylic acids is 1. The summed E-state index contributed by atoms with van der Waals surface area (Å²) < 4.78 is 4.89. The molecule has 0 aliphatic carbocycles. The normalized spacial score (nSPS) is 12.1. The first-order valence-electron chi connectivity index (χ1n) is 14.7. The van der Waals surface area contributed by atoms with Crippen molar-refractivity contribution < 1.29 is 29.6 Å². The van der Waals surface area contributed by atoms with Crippen molar-refractivity contribution in [2.75, 3.05) is 13.2 Å². The van der Waals surface area contributed by atoms with Gasteiger partial charge in [0.15, 0.2) is 0 Å².